The third-order valence-electron chi connectivity index (χ3n) is 6.63. The second-order valence-electron chi connectivity index (χ2n) is 8.95. The second-order valence-corrected chi connectivity index (χ2v) is 8.95. The van der Waals surface area contributed by atoms with E-state index < -0.39 is 17.4 Å². The summed E-state index contributed by atoms with van der Waals surface area (Å²) in [4.78, 5) is 42.3. The van der Waals surface area contributed by atoms with Crippen LogP contribution in [0.1, 0.15) is 30.4 Å². The number of likely N-dealkylation sites (N-methyl/N-ethyl adjacent to an activating group) is 1. The van der Waals surface area contributed by atoms with Gasteiger partial charge in [0, 0.05) is 51.6 Å². The highest BCUT2D eigenvalue weighted by molar-refractivity contribution is 5.81. The Hall–Kier alpha value is -2.95. The van der Waals surface area contributed by atoms with Crippen LogP contribution in [-0.4, -0.2) is 72.0 Å². The highest BCUT2D eigenvalue weighted by Gasteiger charge is 2.33. The Kier molecular flexibility index (Phi) is 7.20. The van der Waals surface area contributed by atoms with Crippen LogP contribution in [0.25, 0.3) is 0 Å². The molecule has 2 aromatic rings. The number of hydrogen-bond donors (Lipinski definition) is 1. The lowest BCUT2D eigenvalue weighted by Gasteiger charge is -2.34. The number of hydrogen-bond acceptors (Lipinski definition) is 7. The molecule has 3 heterocycles. The molecule has 2 aliphatic heterocycles. The fourth-order valence-electron chi connectivity index (χ4n) is 4.55. The molecule has 2 saturated heterocycles. The molecular weight excluding hydrogens is 449 g/mol. The van der Waals surface area contributed by atoms with E-state index in [2.05, 4.69) is 19.9 Å². The van der Waals surface area contributed by atoms with Crippen molar-refractivity contribution in [2.24, 2.45) is 5.92 Å². The number of aromatic nitrogens is 3. The smallest absolute Gasteiger partial charge is 0.341 e. The Bertz CT molecular complexity index is 1060. The van der Waals surface area contributed by atoms with Crippen LogP contribution in [0, 0.1) is 5.92 Å². The molecule has 11 heteroatoms. The lowest BCUT2D eigenvalue weighted by Crippen LogP contribution is -2.46. The quantitative estimate of drug-likeness (QED) is 0.682. The molecule has 184 valence electrons. The van der Waals surface area contributed by atoms with E-state index in [4.69, 9.17) is 0 Å². The standard InChI is InChI=1S/C23H29F3N6O2/c1-30-12-14-32(15-13-30)21-27-20(28-22(34)29-21)31-10-8-17(9-11-31)19(33)7-6-16-4-2-3-5-18(16)23(24,25)26/h2-5,17H,6-15H2,1H3,(H,27,28,29,34). The average Bonchev–Trinajstić information content (AvgIpc) is 2.82. The number of anilines is 2. The first-order chi connectivity index (χ1) is 16.2. The van der Waals surface area contributed by atoms with Gasteiger partial charge in [0.05, 0.1) is 5.56 Å². The number of H-pyrrole nitrogens is 1. The van der Waals surface area contributed by atoms with Crippen molar-refractivity contribution >= 4 is 17.7 Å². The van der Waals surface area contributed by atoms with Crippen LogP contribution >= 0.6 is 0 Å². The normalized spacial score (nSPS) is 18.4. The van der Waals surface area contributed by atoms with Crippen molar-refractivity contribution in [2.45, 2.75) is 31.9 Å². The van der Waals surface area contributed by atoms with Gasteiger partial charge in [0.25, 0.3) is 0 Å². The molecule has 0 unspecified atom stereocenters. The zero-order valence-corrected chi connectivity index (χ0v) is 19.1. The summed E-state index contributed by atoms with van der Waals surface area (Å²) in [5.74, 6) is 0.613. The Balaban J connectivity index is 1.34. The minimum atomic E-state index is -4.43. The maximum absolute atomic E-state index is 13.2. The molecule has 2 aliphatic rings. The van der Waals surface area contributed by atoms with Gasteiger partial charge < -0.3 is 14.7 Å². The molecule has 34 heavy (non-hydrogen) atoms. The van der Waals surface area contributed by atoms with Gasteiger partial charge in [0.2, 0.25) is 11.9 Å². The number of halogens is 3. The van der Waals surface area contributed by atoms with Crippen LogP contribution in [-0.2, 0) is 17.4 Å². The van der Waals surface area contributed by atoms with Crippen molar-refractivity contribution in [3.05, 3.63) is 45.9 Å². The number of nitrogens with zero attached hydrogens (tertiary/aromatic N) is 5. The molecule has 1 N–H and O–H groups in total. The molecule has 0 bridgehead atoms. The number of benzene rings is 1. The highest BCUT2D eigenvalue weighted by atomic mass is 19.4. The molecular formula is C23H29F3N6O2. The monoisotopic (exact) mass is 478 g/mol. The summed E-state index contributed by atoms with van der Waals surface area (Å²) in [5.41, 5.74) is -0.991. The zero-order chi connectivity index (χ0) is 24.3. The average molecular weight is 479 g/mol. The number of alkyl halides is 3. The van der Waals surface area contributed by atoms with Crippen LogP contribution in [0.4, 0.5) is 25.1 Å². The summed E-state index contributed by atoms with van der Waals surface area (Å²) in [6.07, 6.45) is -3.17. The molecule has 1 aromatic heterocycles. The zero-order valence-electron chi connectivity index (χ0n) is 19.1. The number of nitrogens with one attached hydrogen (secondary N) is 1. The number of aryl methyl sites for hydroxylation is 1. The van der Waals surface area contributed by atoms with E-state index in [9.17, 15) is 22.8 Å². The minimum absolute atomic E-state index is 0.0263. The van der Waals surface area contributed by atoms with Gasteiger partial charge in [-0.05, 0) is 37.9 Å². The molecule has 0 aliphatic carbocycles. The number of carbonyl (C=O) groups excluding carboxylic acids is 1. The first-order valence-electron chi connectivity index (χ1n) is 11.6. The maximum atomic E-state index is 13.2. The largest absolute Gasteiger partial charge is 0.416 e. The first-order valence-corrected chi connectivity index (χ1v) is 11.6. The number of carbonyl (C=O) groups is 1. The Morgan fingerprint density at radius 1 is 1.03 bits per heavy atom. The Labute approximate surface area is 195 Å². The number of rotatable bonds is 6. The molecule has 0 spiro atoms. The van der Waals surface area contributed by atoms with Crippen LogP contribution < -0.4 is 15.5 Å². The van der Waals surface area contributed by atoms with Gasteiger partial charge in [-0.3, -0.25) is 9.78 Å². The summed E-state index contributed by atoms with van der Waals surface area (Å²) in [6, 6.07) is 5.40. The summed E-state index contributed by atoms with van der Waals surface area (Å²) in [7, 11) is 2.05. The van der Waals surface area contributed by atoms with E-state index in [1.54, 1.807) is 6.07 Å². The van der Waals surface area contributed by atoms with Crippen molar-refractivity contribution in [2.75, 3.05) is 56.1 Å². The molecule has 4 rings (SSSR count). The van der Waals surface area contributed by atoms with Gasteiger partial charge in [-0.1, -0.05) is 18.2 Å². The number of piperidine rings is 1. The van der Waals surface area contributed by atoms with Gasteiger partial charge in [-0.2, -0.15) is 23.1 Å². The van der Waals surface area contributed by atoms with Crippen molar-refractivity contribution < 1.29 is 18.0 Å². The van der Waals surface area contributed by atoms with E-state index in [0.717, 1.165) is 32.2 Å². The number of ketones is 1. The van der Waals surface area contributed by atoms with E-state index in [-0.39, 0.29) is 30.1 Å². The Morgan fingerprint density at radius 3 is 2.38 bits per heavy atom. The van der Waals surface area contributed by atoms with Crippen molar-refractivity contribution in [3.8, 4) is 0 Å². The molecule has 1 aromatic carbocycles. The molecule has 0 amide bonds. The molecule has 8 nitrogen and oxygen atoms in total. The minimum Gasteiger partial charge on any atom is -0.341 e. The maximum Gasteiger partial charge on any atom is 0.416 e. The second kappa shape index (κ2) is 10.1. The van der Waals surface area contributed by atoms with Crippen LogP contribution in [0.5, 0.6) is 0 Å². The first kappa shape index (κ1) is 24.2. The lowest BCUT2D eigenvalue weighted by atomic mass is 9.89. The summed E-state index contributed by atoms with van der Waals surface area (Å²) in [6.45, 7) is 4.31. The van der Waals surface area contributed by atoms with Crippen molar-refractivity contribution in [1.29, 1.82) is 0 Å². The summed E-state index contributed by atoms with van der Waals surface area (Å²) in [5, 5.41) is 0. The van der Waals surface area contributed by atoms with E-state index in [1.807, 2.05) is 16.8 Å². The van der Waals surface area contributed by atoms with Crippen molar-refractivity contribution in [1.82, 2.24) is 19.9 Å². The van der Waals surface area contributed by atoms with E-state index in [1.165, 1.54) is 12.1 Å². The topological polar surface area (TPSA) is 85.4 Å². The summed E-state index contributed by atoms with van der Waals surface area (Å²) >= 11 is 0. The molecule has 2 fully saturated rings. The van der Waals surface area contributed by atoms with Crippen molar-refractivity contribution in [3.63, 3.8) is 0 Å². The number of piperazine rings is 1. The van der Waals surface area contributed by atoms with Gasteiger partial charge in [-0.25, -0.2) is 4.79 Å². The molecule has 0 saturated carbocycles. The van der Waals surface area contributed by atoms with E-state index >= 15 is 0 Å². The van der Waals surface area contributed by atoms with E-state index in [0.29, 0.717) is 37.8 Å². The van der Waals surface area contributed by atoms with Crippen LogP contribution in [0.3, 0.4) is 0 Å². The number of Topliss-reactive ketones (excluding diaryl/α,β-unsaturated/α-hetero) is 1. The van der Waals surface area contributed by atoms with Gasteiger partial charge in [0.15, 0.2) is 0 Å². The highest BCUT2D eigenvalue weighted by Crippen LogP contribution is 2.33. The van der Waals surface area contributed by atoms with Crippen LogP contribution in [0.15, 0.2) is 29.1 Å². The van der Waals surface area contributed by atoms with Gasteiger partial charge in [-0.15, -0.1) is 0 Å². The Morgan fingerprint density at radius 2 is 1.71 bits per heavy atom. The van der Waals surface area contributed by atoms with Crippen LogP contribution in [0.2, 0.25) is 0 Å². The van der Waals surface area contributed by atoms with Gasteiger partial charge >= 0.3 is 11.9 Å². The molecule has 0 atom stereocenters. The predicted octanol–water partition coefficient (Wildman–Crippen LogP) is 2.35. The SMILES string of the molecule is CN1CCN(c2nc(N3CCC(C(=O)CCc4ccccc4C(F)(F)F)CC3)nc(=O)[nH]2)CC1. The fourth-order valence-corrected chi connectivity index (χ4v) is 4.55. The predicted molar refractivity (Wildman–Crippen MR) is 122 cm³/mol. The third-order valence-corrected chi connectivity index (χ3v) is 6.63. The summed E-state index contributed by atoms with van der Waals surface area (Å²) < 4.78 is 39.6. The fraction of sp³-hybridized carbons (Fsp3) is 0.565. The number of aromatic amines is 1. The third kappa shape index (κ3) is 5.75. The van der Waals surface area contributed by atoms with Gasteiger partial charge in [0.1, 0.15) is 5.78 Å². The molecule has 0 radical (unpaired) electrons. The lowest BCUT2D eigenvalue weighted by molar-refractivity contribution is -0.138.